The molecule has 3 aromatic carbocycles. The number of pyridine rings is 1. The standard InChI is InChI=1S/C50H67F3N4O11/c1-5-57(6-2)43-12-13-46(45(35-43)47-34-41(14-15-54-47)48(58)55-36-39-8-7-9-42(32-39)50(51,52)53)56-49(59)44-33-40(11-10-38(44)3)37-68-31-30-67-29-28-66-27-26-65-25-24-64-23-22-63-21-20-62-19-18-61-17-16-60-4/h7-15,32-35H,5-6,16-31,36-37H2,1-4H3,(H,55,58)(H,56,59). The van der Waals surface area contributed by atoms with Crippen molar-refractivity contribution < 1.29 is 65.4 Å². The van der Waals surface area contributed by atoms with E-state index in [1.807, 2.05) is 51.1 Å². The van der Waals surface area contributed by atoms with Crippen molar-refractivity contribution in [3.63, 3.8) is 0 Å². The summed E-state index contributed by atoms with van der Waals surface area (Å²) >= 11 is 0. The number of aromatic nitrogens is 1. The first-order valence-electron chi connectivity index (χ1n) is 22.9. The molecule has 4 rings (SSSR count). The molecule has 15 nitrogen and oxygen atoms in total. The van der Waals surface area contributed by atoms with E-state index in [2.05, 4.69) is 20.5 Å². The molecule has 0 saturated heterocycles. The quantitative estimate of drug-likeness (QED) is 0.0441. The second kappa shape index (κ2) is 31.9. The first-order chi connectivity index (χ1) is 33.0. The van der Waals surface area contributed by atoms with Crippen LogP contribution in [0.4, 0.5) is 24.5 Å². The minimum absolute atomic E-state index is 0.105. The molecule has 0 spiro atoms. The number of nitrogens with one attached hydrogen (secondary N) is 2. The third-order valence-corrected chi connectivity index (χ3v) is 10.2. The molecule has 4 aromatic rings. The van der Waals surface area contributed by atoms with E-state index in [0.717, 1.165) is 42.0 Å². The summed E-state index contributed by atoms with van der Waals surface area (Å²) in [7, 11) is 1.63. The van der Waals surface area contributed by atoms with E-state index in [9.17, 15) is 22.8 Å². The number of amides is 2. The van der Waals surface area contributed by atoms with Gasteiger partial charge in [0.2, 0.25) is 0 Å². The van der Waals surface area contributed by atoms with Crippen LogP contribution in [-0.2, 0) is 62.0 Å². The van der Waals surface area contributed by atoms with E-state index in [4.69, 9.17) is 42.6 Å². The molecule has 0 aliphatic carbocycles. The predicted molar refractivity (Wildman–Crippen MR) is 252 cm³/mol. The number of carbonyl (C=O) groups excluding carboxylic acids is 2. The highest BCUT2D eigenvalue weighted by Gasteiger charge is 2.30. The number of carbonyl (C=O) groups is 2. The number of anilines is 2. The maximum atomic E-state index is 13.9. The van der Waals surface area contributed by atoms with E-state index in [1.165, 1.54) is 24.4 Å². The second-order valence-corrected chi connectivity index (χ2v) is 15.1. The molecule has 1 heterocycles. The zero-order valence-corrected chi connectivity index (χ0v) is 39.7. The molecule has 374 valence electrons. The molecular weight excluding hydrogens is 890 g/mol. The fraction of sp³-hybridized carbons (Fsp3) is 0.500. The Kier molecular flexibility index (Phi) is 26.1. The van der Waals surface area contributed by atoms with Gasteiger partial charge in [-0.3, -0.25) is 14.6 Å². The van der Waals surface area contributed by atoms with Crippen molar-refractivity contribution in [3.05, 3.63) is 112 Å². The number of nitrogens with zero attached hydrogens (tertiary/aromatic N) is 2. The molecule has 2 amide bonds. The van der Waals surface area contributed by atoms with Gasteiger partial charge < -0.3 is 58.2 Å². The third kappa shape index (κ3) is 20.7. The van der Waals surface area contributed by atoms with E-state index >= 15 is 0 Å². The van der Waals surface area contributed by atoms with Crippen LogP contribution in [0.3, 0.4) is 0 Å². The van der Waals surface area contributed by atoms with Crippen LogP contribution in [0, 0.1) is 6.92 Å². The molecule has 68 heavy (non-hydrogen) atoms. The number of methoxy groups -OCH3 is 1. The molecule has 0 bridgehead atoms. The van der Waals surface area contributed by atoms with E-state index in [1.54, 1.807) is 19.2 Å². The normalized spacial score (nSPS) is 11.5. The Hall–Kier alpha value is -5.02. The Morgan fingerprint density at radius 1 is 0.618 bits per heavy atom. The first-order valence-corrected chi connectivity index (χ1v) is 22.9. The van der Waals surface area contributed by atoms with Crippen molar-refractivity contribution in [2.45, 2.75) is 40.1 Å². The van der Waals surface area contributed by atoms with Gasteiger partial charge >= 0.3 is 6.18 Å². The molecule has 0 fully saturated rings. The maximum absolute atomic E-state index is 13.9. The summed E-state index contributed by atoms with van der Waals surface area (Å²) in [6, 6.07) is 19.1. The predicted octanol–water partition coefficient (Wildman–Crippen LogP) is 7.38. The van der Waals surface area contributed by atoms with Crippen molar-refractivity contribution in [2.75, 3.05) is 136 Å². The van der Waals surface area contributed by atoms with E-state index < -0.39 is 17.6 Å². The lowest BCUT2D eigenvalue weighted by molar-refractivity contribution is -0.137. The molecule has 0 aliphatic rings. The van der Waals surface area contributed by atoms with Crippen LogP contribution in [0.5, 0.6) is 0 Å². The van der Waals surface area contributed by atoms with Gasteiger partial charge in [0.1, 0.15) is 0 Å². The molecule has 0 unspecified atom stereocenters. The van der Waals surface area contributed by atoms with Gasteiger partial charge in [0.05, 0.1) is 129 Å². The highest BCUT2D eigenvalue weighted by molar-refractivity contribution is 6.07. The topological polar surface area (TPSA) is 157 Å². The highest BCUT2D eigenvalue weighted by atomic mass is 19.4. The Balaban J connectivity index is 1.16. The minimum Gasteiger partial charge on any atom is -0.382 e. The van der Waals surface area contributed by atoms with Gasteiger partial charge in [0, 0.05) is 55.3 Å². The minimum atomic E-state index is -4.50. The number of aryl methyl sites for hydroxylation is 1. The molecular formula is C50H67F3N4O11. The highest BCUT2D eigenvalue weighted by Crippen LogP contribution is 2.33. The Morgan fingerprint density at radius 3 is 1.72 bits per heavy atom. The number of hydrogen-bond donors (Lipinski definition) is 2. The average molecular weight is 957 g/mol. The number of benzene rings is 3. The zero-order chi connectivity index (χ0) is 48.8. The maximum Gasteiger partial charge on any atom is 0.416 e. The number of ether oxygens (including phenoxy) is 9. The number of halogens is 3. The average Bonchev–Trinajstić information content (AvgIpc) is 3.34. The third-order valence-electron chi connectivity index (χ3n) is 10.2. The van der Waals surface area contributed by atoms with Crippen LogP contribution >= 0.6 is 0 Å². The fourth-order valence-electron chi connectivity index (χ4n) is 6.56. The molecule has 0 atom stereocenters. The summed E-state index contributed by atoms with van der Waals surface area (Å²) < 4.78 is 88.9. The van der Waals surface area contributed by atoms with Gasteiger partial charge in [-0.25, -0.2) is 0 Å². The largest absolute Gasteiger partial charge is 0.416 e. The van der Waals surface area contributed by atoms with Gasteiger partial charge in [-0.05, 0) is 86.0 Å². The van der Waals surface area contributed by atoms with Gasteiger partial charge in [-0.2, -0.15) is 13.2 Å². The summed E-state index contributed by atoms with van der Waals surface area (Å²) in [5.74, 6) is -0.828. The number of rotatable bonds is 35. The van der Waals surface area contributed by atoms with Crippen LogP contribution in [0.2, 0.25) is 0 Å². The monoisotopic (exact) mass is 956 g/mol. The summed E-state index contributed by atoms with van der Waals surface area (Å²) in [5.41, 5.74) is 4.19. The summed E-state index contributed by atoms with van der Waals surface area (Å²) in [4.78, 5) is 33.9. The lowest BCUT2D eigenvalue weighted by Crippen LogP contribution is -2.23. The van der Waals surface area contributed by atoms with Gasteiger partial charge in [0.25, 0.3) is 11.8 Å². The Bertz CT molecular complexity index is 2070. The molecule has 0 saturated carbocycles. The van der Waals surface area contributed by atoms with E-state index in [-0.39, 0.29) is 24.6 Å². The number of alkyl halides is 3. The lowest BCUT2D eigenvalue weighted by atomic mass is 10.0. The Morgan fingerprint density at radius 2 is 1.18 bits per heavy atom. The van der Waals surface area contributed by atoms with E-state index in [0.29, 0.717) is 134 Å². The zero-order valence-electron chi connectivity index (χ0n) is 39.7. The molecule has 2 N–H and O–H groups in total. The first kappa shape index (κ1) is 55.6. The van der Waals surface area contributed by atoms with Crippen LogP contribution in [0.15, 0.2) is 79.0 Å². The van der Waals surface area contributed by atoms with Crippen molar-refractivity contribution in [2.24, 2.45) is 0 Å². The van der Waals surface area contributed by atoms with Crippen LogP contribution in [0.25, 0.3) is 11.3 Å². The van der Waals surface area contributed by atoms with Crippen molar-refractivity contribution in [1.82, 2.24) is 10.3 Å². The van der Waals surface area contributed by atoms with Gasteiger partial charge in [0.15, 0.2) is 0 Å². The van der Waals surface area contributed by atoms with Crippen molar-refractivity contribution in [3.8, 4) is 11.3 Å². The van der Waals surface area contributed by atoms with Crippen molar-refractivity contribution >= 4 is 23.2 Å². The fourth-order valence-corrected chi connectivity index (χ4v) is 6.56. The van der Waals surface area contributed by atoms with Gasteiger partial charge in [-0.15, -0.1) is 0 Å². The molecule has 0 radical (unpaired) electrons. The summed E-state index contributed by atoms with van der Waals surface area (Å²) in [6.45, 7) is 15.1. The van der Waals surface area contributed by atoms with Crippen LogP contribution in [0.1, 0.15) is 56.8 Å². The number of hydrogen-bond acceptors (Lipinski definition) is 13. The second-order valence-electron chi connectivity index (χ2n) is 15.1. The summed E-state index contributed by atoms with van der Waals surface area (Å²) in [6.07, 6.45) is -3.01. The molecule has 0 aliphatic heterocycles. The smallest absolute Gasteiger partial charge is 0.382 e. The molecule has 1 aromatic heterocycles. The van der Waals surface area contributed by atoms with Crippen molar-refractivity contribution in [1.29, 1.82) is 0 Å². The van der Waals surface area contributed by atoms with Crippen LogP contribution < -0.4 is 15.5 Å². The Labute approximate surface area is 397 Å². The lowest BCUT2D eigenvalue weighted by Gasteiger charge is -2.23. The summed E-state index contributed by atoms with van der Waals surface area (Å²) in [5, 5.41) is 5.76. The van der Waals surface area contributed by atoms with Gasteiger partial charge in [-0.1, -0.05) is 24.3 Å². The van der Waals surface area contributed by atoms with Crippen LogP contribution in [-0.4, -0.2) is 143 Å². The molecule has 18 heteroatoms. The SMILES string of the molecule is CCN(CC)c1ccc(NC(=O)c2cc(COCCOCCOCCOCCOCCOCCOCCOCCOC)ccc2C)c(-c2cc(C(=O)NCc3cccc(C(F)(F)F)c3)ccn2)c1.